The Morgan fingerprint density at radius 3 is 2.27 bits per heavy atom. The molecule has 22 heavy (non-hydrogen) atoms. The summed E-state index contributed by atoms with van der Waals surface area (Å²) in [6.45, 7) is 1.78. The zero-order chi connectivity index (χ0) is 15.7. The largest absolute Gasteiger partial charge is 0.351 e. The zero-order valence-corrected chi connectivity index (χ0v) is 11.8. The summed E-state index contributed by atoms with van der Waals surface area (Å²) in [4.78, 5) is 12.4. The molecular formula is C16H13F2N3O. The predicted molar refractivity (Wildman–Crippen MR) is 78.0 cm³/mol. The molecule has 0 aliphatic carbocycles. The summed E-state index contributed by atoms with van der Waals surface area (Å²) in [5.41, 5.74) is -0.0991. The first-order valence-corrected chi connectivity index (χ1v) is 6.72. The van der Waals surface area contributed by atoms with Gasteiger partial charge in [-0.25, -0.2) is 22.8 Å². The maximum Gasteiger partial charge on any atom is 0.351 e. The lowest BCUT2D eigenvalue weighted by Gasteiger charge is -2.05. The van der Waals surface area contributed by atoms with E-state index in [2.05, 4.69) is 5.10 Å². The summed E-state index contributed by atoms with van der Waals surface area (Å²) >= 11 is 0. The molecule has 0 bridgehead atoms. The second-order valence-electron chi connectivity index (χ2n) is 4.88. The molecule has 0 saturated carbocycles. The summed E-state index contributed by atoms with van der Waals surface area (Å²) < 4.78 is 29.9. The van der Waals surface area contributed by atoms with E-state index in [0.29, 0.717) is 0 Å². The second kappa shape index (κ2) is 5.55. The molecular weight excluding hydrogens is 288 g/mol. The van der Waals surface area contributed by atoms with Crippen LogP contribution in [0.4, 0.5) is 8.78 Å². The lowest BCUT2D eigenvalue weighted by atomic mass is 10.2. The monoisotopic (exact) mass is 301 g/mol. The number of benzene rings is 2. The fourth-order valence-corrected chi connectivity index (χ4v) is 2.34. The van der Waals surface area contributed by atoms with Crippen molar-refractivity contribution in [2.45, 2.75) is 13.5 Å². The van der Waals surface area contributed by atoms with Crippen LogP contribution in [0.25, 0.3) is 5.69 Å². The second-order valence-corrected chi connectivity index (χ2v) is 4.88. The fraction of sp³-hybridized carbons (Fsp3) is 0.125. The molecule has 0 amide bonds. The molecule has 1 heterocycles. The van der Waals surface area contributed by atoms with Crippen LogP contribution in [0.3, 0.4) is 0 Å². The van der Waals surface area contributed by atoms with Crippen LogP contribution in [-0.4, -0.2) is 14.3 Å². The zero-order valence-electron chi connectivity index (χ0n) is 11.8. The molecule has 3 aromatic rings. The Bertz CT molecular complexity index is 849. The topological polar surface area (TPSA) is 39.8 Å². The first-order chi connectivity index (χ1) is 10.6. The normalized spacial score (nSPS) is 10.9. The van der Waals surface area contributed by atoms with Crippen molar-refractivity contribution in [2.75, 3.05) is 0 Å². The first kappa shape index (κ1) is 14.2. The SMILES string of the molecule is Cc1nn(Cc2ccccc2)c(=O)n1-c1c(F)cccc1F. The van der Waals surface area contributed by atoms with Crippen molar-refractivity contribution in [2.24, 2.45) is 0 Å². The van der Waals surface area contributed by atoms with E-state index in [4.69, 9.17) is 0 Å². The van der Waals surface area contributed by atoms with Crippen molar-refractivity contribution in [3.8, 4) is 5.69 Å². The number of halogens is 2. The van der Waals surface area contributed by atoms with Crippen molar-refractivity contribution in [3.05, 3.63) is 82.0 Å². The molecule has 0 atom stereocenters. The first-order valence-electron chi connectivity index (χ1n) is 6.72. The van der Waals surface area contributed by atoms with Gasteiger partial charge >= 0.3 is 5.69 Å². The quantitative estimate of drug-likeness (QED) is 0.746. The van der Waals surface area contributed by atoms with Gasteiger partial charge < -0.3 is 0 Å². The standard InChI is InChI=1S/C16H13F2N3O/c1-11-19-20(10-12-6-3-2-4-7-12)16(22)21(11)15-13(17)8-5-9-14(15)18/h2-9H,10H2,1H3. The van der Waals surface area contributed by atoms with Crippen LogP contribution in [-0.2, 0) is 6.54 Å². The van der Waals surface area contributed by atoms with Crippen molar-refractivity contribution < 1.29 is 8.78 Å². The van der Waals surface area contributed by atoms with Crippen molar-refractivity contribution in [3.63, 3.8) is 0 Å². The van der Waals surface area contributed by atoms with E-state index in [-0.39, 0.29) is 12.4 Å². The third-order valence-electron chi connectivity index (χ3n) is 3.34. The van der Waals surface area contributed by atoms with Crippen LogP contribution in [0, 0.1) is 18.6 Å². The average molecular weight is 301 g/mol. The highest BCUT2D eigenvalue weighted by atomic mass is 19.1. The van der Waals surface area contributed by atoms with Gasteiger partial charge in [0.05, 0.1) is 6.54 Å². The summed E-state index contributed by atoms with van der Waals surface area (Å²) in [6, 6.07) is 12.7. The van der Waals surface area contributed by atoms with E-state index in [1.54, 1.807) is 0 Å². The summed E-state index contributed by atoms with van der Waals surface area (Å²) in [5, 5.41) is 4.10. The van der Waals surface area contributed by atoms with Gasteiger partial charge in [-0.2, -0.15) is 5.10 Å². The van der Waals surface area contributed by atoms with Crippen LogP contribution in [0.5, 0.6) is 0 Å². The van der Waals surface area contributed by atoms with E-state index < -0.39 is 23.0 Å². The van der Waals surface area contributed by atoms with Crippen molar-refractivity contribution >= 4 is 0 Å². The Hall–Kier alpha value is -2.76. The molecule has 0 fully saturated rings. The lowest BCUT2D eigenvalue weighted by Crippen LogP contribution is -2.25. The Balaban J connectivity index is 2.10. The smallest absolute Gasteiger partial charge is 0.246 e. The summed E-state index contributed by atoms with van der Waals surface area (Å²) in [7, 11) is 0. The summed E-state index contributed by atoms with van der Waals surface area (Å²) in [5.74, 6) is -1.38. The number of hydrogen-bond donors (Lipinski definition) is 0. The maximum absolute atomic E-state index is 13.9. The molecule has 0 unspecified atom stereocenters. The number of hydrogen-bond acceptors (Lipinski definition) is 2. The Morgan fingerprint density at radius 1 is 1.00 bits per heavy atom. The van der Waals surface area contributed by atoms with Gasteiger partial charge in [-0.1, -0.05) is 36.4 Å². The minimum absolute atomic E-state index is 0.227. The van der Waals surface area contributed by atoms with Crippen LogP contribution < -0.4 is 5.69 Å². The highest BCUT2D eigenvalue weighted by Crippen LogP contribution is 2.17. The van der Waals surface area contributed by atoms with Crippen LogP contribution in [0.1, 0.15) is 11.4 Å². The number of rotatable bonds is 3. The molecule has 2 aromatic carbocycles. The Labute approximate surface area is 125 Å². The molecule has 1 aromatic heterocycles. The molecule has 6 heteroatoms. The molecule has 0 aliphatic heterocycles. The van der Waals surface area contributed by atoms with Gasteiger partial charge in [0.1, 0.15) is 23.1 Å². The fourth-order valence-electron chi connectivity index (χ4n) is 2.34. The molecule has 0 aliphatic rings. The van der Waals surface area contributed by atoms with E-state index in [0.717, 1.165) is 22.3 Å². The maximum atomic E-state index is 13.9. The lowest BCUT2D eigenvalue weighted by molar-refractivity contribution is 0.562. The van der Waals surface area contributed by atoms with Gasteiger partial charge in [-0.15, -0.1) is 0 Å². The molecule has 4 nitrogen and oxygen atoms in total. The molecule has 0 saturated heterocycles. The molecule has 0 spiro atoms. The molecule has 112 valence electrons. The van der Waals surface area contributed by atoms with E-state index in [9.17, 15) is 13.6 Å². The molecule has 0 N–H and O–H groups in total. The van der Waals surface area contributed by atoms with Gasteiger partial charge in [0.15, 0.2) is 0 Å². The van der Waals surface area contributed by atoms with Gasteiger partial charge in [0.2, 0.25) is 0 Å². The van der Waals surface area contributed by atoms with Crippen molar-refractivity contribution in [1.29, 1.82) is 0 Å². The molecule has 3 rings (SSSR count). The molecule has 0 radical (unpaired) electrons. The Kier molecular flexibility index (Phi) is 3.58. The van der Waals surface area contributed by atoms with Crippen LogP contribution >= 0.6 is 0 Å². The predicted octanol–water partition coefficient (Wildman–Crippen LogP) is 2.67. The highest BCUT2D eigenvalue weighted by Gasteiger charge is 2.18. The van der Waals surface area contributed by atoms with E-state index >= 15 is 0 Å². The number of aromatic nitrogens is 3. The van der Waals surface area contributed by atoms with Crippen molar-refractivity contribution in [1.82, 2.24) is 14.3 Å². The third kappa shape index (κ3) is 2.43. The average Bonchev–Trinajstić information content (AvgIpc) is 2.76. The van der Waals surface area contributed by atoms with Crippen LogP contribution in [0.15, 0.2) is 53.3 Å². The number of aryl methyl sites for hydroxylation is 1. The van der Waals surface area contributed by atoms with Gasteiger partial charge in [-0.05, 0) is 24.6 Å². The van der Waals surface area contributed by atoms with Gasteiger partial charge in [0.25, 0.3) is 0 Å². The number of nitrogens with zero attached hydrogens (tertiary/aromatic N) is 3. The minimum atomic E-state index is -0.801. The van der Waals surface area contributed by atoms with Gasteiger partial charge in [0, 0.05) is 0 Å². The van der Waals surface area contributed by atoms with Crippen LogP contribution in [0.2, 0.25) is 0 Å². The minimum Gasteiger partial charge on any atom is -0.246 e. The number of para-hydroxylation sites is 1. The third-order valence-corrected chi connectivity index (χ3v) is 3.34. The highest BCUT2D eigenvalue weighted by molar-refractivity contribution is 5.36. The Morgan fingerprint density at radius 2 is 1.64 bits per heavy atom. The van der Waals surface area contributed by atoms with E-state index in [1.165, 1.54) is 17.7 Å². The summed E-state index contributed by atoms with van der Waals surface area (Å²) in [6.07, 6.45) is 0. The van der Waals surface area contributed by atoms with E-state index in [1.807, 2.05) is 30.3 Å². The van der Waals surface area contributed by atoms with Gasteiger partial charge in [-0.3, -0.25) is 0 Å².